The fourth-order valence-corrected chi connectivity index (χ4v) is 1.55. The number of hydrogen-bond acceptors (Lipinski definition) is 1. The van der Waals surface area contributed by atoms with E-state index in [2.05, 4.69) is 19.2 Å². The van der Waals surface area contributed by atoms with E-state index in [0.717, 1.165) is 17.7 Å². The SMILES string of the molecule is CC[C@H](C)c1ccccc1NC(=O)[C@@H](C)Cl. The Bertz CT molecular complexity index is 363. The Morgan fingerprint density at radius 3 is 2.56 bits per heavy atom. The molecule has 1 aromatic rings. The van der Waals surface area contributed by atoms with Crippen LogP contribution in [-0.2, 0) is 4.79 Å². The van der Waals surface area contributed by atoms with E-state index >= 15 is 0 Å². The van der Waals surface area contributed by atoms with E-state index in [-0.39, 0.29) is 5.91 Å². The number of amides is 1. The molecule has 1 rings (SSSR count). The largest absolute Gasteiger partial charge is 0.325 e. The van der Waals surface area contributed by atoms with Crippen LogP contribution in [0.25, 0.3) is 0 Å². The summed E-state index contributed by atoms with van der Waals surface area (Å²) in [6.07, 6.45) is 1.04. The van der Waals surface area contributed by atoms with Crippen LogP contribution in [0.1, 0.15) is 38.7 Å². The average Bonchev–Trinajstić information content (AvgIpc) is 2.28. The van der Waals surface area contributed by atoms with Crippen LogP contribution in [0.3, 0.4) is 0 Å². The smallest absolute Gasteiger partial charge is 0.242 e. The first-order chi connectivity index (χ1) is 7.56. The summed E-state index contributed by atoms with van der Waals surface area (Å²) in [4.78, 5) is 11.5. The van der Waals surface area contributed by atoms with Crippen molar-refractivity contribution >= 4 is 23.2 Å². The van der Waals surface area contributed by atoms with Crippen LogP contribution in [0.15, 0.2) is 24.3 Å². The van der Waals surface area contributed by atoms with Crippen LogP contribution in [0, 0.1) is 0 Å². The molecule has 0 radical (unpaired) electrons. The van der Waals surface area contributed by atoms with Gasteiger partial charge in [-0.1, -0.05) is 32.0 Å². The van der Waals surface area contributed by atoms with Crippen LogP contribution < -0.4 is 5.32 Å². The van der Waals surface area contributed by atoms with Crippen LogP contribution in [0.5, 0.6) is 0 Å². The lowest BCUT2D eigenvalue weighted by atomic mass is 9.97. The molecule has 88 valence electrons. The van der Waals surface area contributed by atoms with Gasteiger partial charge < -0.3 is 5.32 Å². The van der Waals surface area contributed by atoms with Gasteiger partial charge in [0.25, 0.3) is 0 Å². The quantitative estimate of drug-likeness (QED) is 0.797. The lowest BCUT2D eigenvalue weighted by Crippen LogP contribution is -2.21. The highest BCUT2D eigenvalue weighted by molar-refractivity contribution is 6.32. The molecule has 0 saturated heterocycles. The van der Waals surface area contributed by atoms with Crippen molar-refractivity contribution in [2.45, 2.75) is 38.5 Å². The first-order valence-corrected chi connectivity index (χ1v) is 6.03. The molecule has 0 aromatic heterocycles. The van der Waals surface area contributed by atoms with E-state index in [9.17, 15) is 4.79 Å². The van der Waals surface area contributed by atoms with Crippen molar-refractivity contribution in [3.8, 4) is 0 Å². The number of hydrogen-bond donors (Lipinski definition) is 1. The third kappa shape index (κ3) is 3.24. The molecule has 2 atom stereocenters. The summed E-state index contributed by atoms with van der Waals surface area (Å²) < 4.78 is 0. The van der Waals surface area contributed by atoms with Crippen molar-refractivity contribution in [2.24, 2.45) is 0 Å². The monoisotopic (exact) mass is 239 g/mol. The summed E-state index contributed by atoms with van der Waals surface area (Å²) in [6.45, 7) is 5.95. The number of halogens is 1. The van der Waals surface area contributed by atoms with Gasteiger partial charge in [0, 0.05) is 5.69 Å². The zero-order chi connectivity index (χ0) is 12.1. The molecule has 2 nitrogen and oxygen atoms in total. The van der Waals surface area contributed by atoms with Crippen molar-refractivity contribution in [1.82, 2.24) is 0 Å². The highest BCUT2D eigenvalue weighted by Gasteiger charge is 2.13. The van der Waals surface area contributed by atoms with E-state index in [4.69, 9.17) is 11.6 Å². The Morgan fingerprint density at radius 2 is 2.00 bits per heavy atom. The summed E-state index contributed by atoms with van der Waals surface area (Å²) in [5.74, 6) is 0.277. The van der Waals surface area contributed by atoms with Gasteiger partial charge in [0.1, 0.15) is 5.38 Å². The maximum absolute atomic E-state index is 11.5. The van der Waals surface area contributed by atoms with Gasteiger partial charge in [-0.15, -0.1) is 11.6 Å². The number of para-hydroxylation sites is 1. The molecule has 0 aliphatic carbocycles. The fraction of sp³-hybridized carbons (Fsp3) is 0.462. The van der Waals surface area contributed by atoms with Crippen molar-refractivity contribution in [1.29, 1.82) is 0 Å². The molecule has 16 heavy (non-hydrogen) atoms. The van der Waals surface area contributed by atoms with E-state index < -0.39 is 5.38 Å². The zero-order valence-electron chi connectivity index (χ0n) is 9.96. The minimum absolute atomic E-state index is 0.155. The molecule has 3 heteroatoms. The van der Waals surface area contributed by atoms with Crippen molar-refractivity contribution < 1.29 is 4.79 Å². The Morgan fingerprint density at radius 1 is 1.38 bits per heavy atom. The lowest BCUT2D eigenvalue weighted by molar-refractivity contribution is -0.115. The van der Waals surface area contributed by atoms with Crippen LogP contribution >= 0.6 is 11.6 Å². The van der Waals surface area contributed by atoms with Gasteiger partial charge in [0.2, 0.25) is 5.91 Å². The third-order valence-electron chi connectivity index (χ3n) is 2.72. The van der Waals surface area contributed by atoms with E-state index in [0.29, 0.717) is 5.92 Å². The minimum atomic E-state index is -0.509. The number of carbonyl (C=O) groups is 1. The van der Waals surface area contributed by atoms with Crippen molar-refractivity contribution in [3.05, 3.63) is 29.8 Å². The number of benzene rings is 1. The molecule has 0 saturated carbocycles. The standard InChI is InChI=1S/C13H18ClNO/c1-4-9(2)11-7-5-6-8-12(11)15-13(16)10(3)14/h5-10H,4H2,1-3H3,(H,15,16)/t9-,10+/m0/s1. The zero-order valence-corrected chi connectivity index (χ0v) is 10.7. The summed E-state index contributed by atoms with van der Waals surface area (Å²) in [5.41, 5.74) is 2.03. The number of nitrogens with one attached hydrogen (secondary N) is 1. The molecule has 1 aromatic carbocycles. The van der Waals surface area contributed by atoms with Gasteiger partial charge in [0.05, 0.1) is 0 Å². The first kappa shape index (κ1) is 13.0. The molecule has 0 unspecified atom stereocenters. The maximum Gasteiger partial charge on any atom is 0.242 e. The van der Waals surface area contributed by atoms with Gasteiger partial charge in [0.15, 0.2) is 0 Å². The Kier molecular flexibility index (Phi) is 4.81. The Labute approximate surface area is 102 Å². The van der Waals surface area contributed by atoms with Gasteiger partial charge >= 0.3 is 0 Å². The maximum atomic E-state index is 11.5. The first-order valence-electron chi connectivity index (χ1n) is 5.60. The van der Waals surface area contributed by atoms with Gasteiger partial charge in [-0.05, 0) is 30.9 Å². The summed E-state index contributed by atoms with van der Waals surface area (Å²) in [7, 11) is 0. The molecular formula is C13H18ClNO. The normalized spacial score (nSPS) is 14.2. The third-order valence-corrected chi connectivity index (χ3v) is 2.92. The second kappa shape index (κ2) is 5.90. The second-order valence-corrected chi connectivity index (χ2v) is 4.66. The topological polar surface area (TPSA) is 29.1 Å². The summed E-state index contributed by atoms with van der Waals surface area (Å²) in [6, 6.07) is 7.86. The predicted molar refractivity (Wildman–Crippen MR) is 69.1 cm³/mol. The van der Waals surface area contributed by atoms with E-state index in [1.165, 1.54) is 0 Å². The number of carbonyl (C=O) groups excluding carboxylic acids is 1. The molecule has 1 N–H and O–H groups in total. The molecule has 0 spiro atoms. The minimum Gasteiger partial charge on any atom is -0.325 e. The molecule has 0 aliphatic heterocycles. The average molecular weight is 240 g/mol. The Hall–Kier alpha value is -1.02. The molecule has 0 heterocycles. The highest BCUT2D eigenvalue weighted by atomic mass is 35.5. The molecular weight excluding hydrogens is 222 g/mol. The lowest BCUT2D eigenvalue weighted by Gasteiger charge is -2.16. The van der Waals surface area contributed by atoms with Crippen molar-refractivity contribution in [3.63, 3.8) is 0 Å². The summed E-state index contributed by atoms with van der Waals surface area (Å²) >= 11 is 5.73. The van der Waals surface area contributed by atoms with Crippen LogP contribution in [-0.4, -0.2) is 11.3 Å². The Balaban J connectivity index is 2.91. The van der Waals surface area contributed by atoms with Crippen molar-refractivity contribution in [2.75, 3.05) is 5.32 Å². The highest BCUT2D eigenvalue weighted by Crippen LogP contribution is 2.26. The van der Waals surface area contributed by atoms with Gasteiger partial charge in [-0.2, -0.15) is 0 Å². The molecule has 0 aliphatic rings. The predicted octanol–water partition coefficient (Wildman–Crippen LogP) is 3.77. The molecule has 0 bridgehead atoms. The van der Waals surface area contributed by atoms with Gasteiger partial charge in [-0.3, -0.25) is 4.79 Å². The number of anilines is 1. The van der Waals surface area contributed by atoms with Crippen LogP contribution in [0.2, 0.25) is 0 Å². The fourth-order valence-electron chi connectivity index (χ4n) is 1.49. The van der Waals surface area contributed by atoms with Crippen LogP contribution in [0.4, 0.5) is 5.69 Å². The number of alkyl halides is 1. The summed E-state index contributed by atoms with van der Waals surface area (Å²) in [5, 5.41) is 2.35. The van der Waals surface area contributed by atoms with Gasteiger partial charge in [-0.25, -0.2) is 0 Å². The number of rotatable bonds is 4. The van der Waals surface area contributed by atoms with E-state index in [1.807, 2.05) is 24.3 Å². The second-order valence-electron chi connectivity index (χ2n) is 4.00. The molecule has 1 amide bonds. The molecule has 0 fully saturated rings. The van der Waals surface area contributed by atoms with E-state index in [1.54, 1.807) is 6.92 Å².